The Morgan fingerprint density at radius 3 is 2.32 bits per heavy atom. The van der Waals surface area contributed by atoms with Gasteiger partial charge in [0.1, 0.15) is 13.1 Å². The molecule has 4 nitrogen and oxygen atoms in total. The molecule has 0 aromatic carbocycles. The molecular formula is C19H36Cl2N2O2. The van der Waals surface area contributed by atoms with Gasteiger partial charge in [-0.3, -0.25) is 0 Å². The van der Waals surface area contributed by atoms with E-state index in [0.717, 1.165) is 39.0 Å². The van der Waals surface area contributed by atoms with Crippen LogP contribution < -0.4 is 35.0 Å². The Morgan fingerprint density at radius 2 is 1.80 bits per heavy atom. The molecule has 0 spiro atoms. The van der Waals surface area contributed by atoms with E-state index in [1.54, 1.807) is 4.90 Å². The summed E-state index contributed by atoms with van der Waals surface area (Å²) in [7, 11) is 0. The summed E-state index contributed by atoms with van der Waals surface area (Å²) in [6, 6.07) is -0.148. The third kappa shape index (κ3) is 10.9. The molecule has 0 aromatic heterocycles. The zero-order valence-corrected chi connectivity index (χ0v) is 17.7. The molecule has 1 rings (SSSR count). The van der Waals surface area contributed by atoms with Gasteiger partial charge < -0.3 is 39.8 Å². The summed E-state index contributed by atoms with van der Waals surface area (Å²) in [5.74, 6) is 0.648. The molecule has 1 aliphatic rings. The molecule has 6 heteroatoms. The highest BCUT2D eigenvalue weighted by Crippen LogP contribution is 2.13. The fourth-order valence-corrected chi connectivity index (χ4v) is 2.83. The van der Waals surface area contributed by atoms with E-state index < -0.39 is 0 Å². The average molecular weight is 395 g/mol. The summed E-state index contributed by atoms with van der Waals surface area (Å²) in [6.07, 6.45) is 10.5. The Bertz CT molecular complexity index is 385. The quantitative estimate of drug-likeness (QED) is 0.271. The number of halogens is 2. The van der Waals surface area contributed by atoms with Crippen LogP contribution in [0.3, 0.4) is 0 Å². The minimum absolute atomic E-state index is 0. The standard InChI is InChI=1S/C19H34N2O2.2ClH/c1-5-21(6-2)14-13-20-18(17-10-8-7-9-11-17)19(22)23-15-12-16(3)4;;/h8-11,16-18,20H,5-7,12-15H2,1-4H3;2*1H. The number of likely N-dealkylation sites (N-methyl/N-ethyl adjacent to an activating group) is 1. The molecule has 0 fully saturated rings. The smallest absolute Gasteiger partial charge is 0.365 e. The van der Waals surface area contributed by atoms with Gasteiger partial charge in [0, 0.05) is 0 Å². The number of hydrogen-bond acceptors (Lipinski definition) is 2. The fourth-order valence-electron chi connectivity index (χ4n) is 2.83. The number of carbonyl (C=O) groups is 1. The number of hydrogen-bond donors (Lipinski definition) is 2. The first-order chi connectivity index (χ1) is 11.1. The Morgan fingerprint density at radius 1 is 1.20 bits per heavy atom. The molecule has 25 heavy (non-hydrogen) atoms. The van der Waals surface area contributed by atoms with Crippen LogP contribution in [0.5, 0.6) is 0 Å². The highest BCUT2D eigenvalue weighted by molar-refractivity contribution is 5.75. The van der Waals surface area contributed by atoms with Crippen molar-refractivity contribution in [1.82, 2.24) is 0 Å². The van der Waals surface area contributed by atoms with Crippen LogP contribution in [0.2, 0.25) is 0 Å². The van der Waals surface area contributed by atoms with Crippen molar-refractivity contribution in [3.05, 3.63) is 24.3 Å². The van der Waals surface area contributed by atoms with Crippen molar-refractivity contribution in [2.45, 2.75) is 46.6 Å². The van der Waals surface area contributed by atoms with Crippen LogP contribution in [0, 0.1) is 11.8 Å². The van der Waals surface area contributed by atoms with Crippen LogP contribution in [-0.2, 0) is 9.53 Å². The van der Waals surface area contributed by atoms with Gasteiger partial charge in [0.15, 0.2) is 6.04 Å². The molecule has 0 bridgehead atoms. The monoisotopic (exact) mass is 394 g/mol. The molecule has 148 valence electrons. The highest BCUT2D eigenvalue weighted by atomic mass is 35.5. The molecule has 1 aliphatic carbocycles. The minimum atomic E-state index is -0.148. The lowest BCUT2D eigenvalue weighted by Gasteiger charge is -2.22. The highest BCUT2D eigenvalue weighted by Gasteiger charge is 2.30. The van der Waals surface area contributed by atoms with E-state index in [2.05, 4.69) is 57.3 Å². The van der Waals surface area contributed by atoms with Crippen LogP contribution in [0.25, 0.3) is 0 Å². The predicted octanol–water partition coefficient (Wildman–Crippen LogP) is -5.43. The number of nitrogens with two attached hydrogens (primary N) is 1. The van der Waals surface area contributed by atoms with Gasteiger partial charge in [-0.1, -0.05) is 38.2 Å². The van der Waals surface area contributed by atoms with Crippen LogP contribution in [-0.4, -0.2) is 44.8 Å². The van der Waals surface area contributed by atoms with E-state index in [1.807, 2.05) is 0 Å². The molecule has 1 atom stereocenters. The van der Waals surface area contributed by atoms with E-state index in [1.165, 1.54) is 0 Å². The van der Waals surface area contributed by atoms with E-state index in [-0.39, 0.29) is 42.7 Å². The summed E-state index contributed by atoms with van der Waals surface area (Å²) in [5, 5.41) is 2.17. The second-order valence-corrected chi connectivity index (χ2v) is 6.78. The van der Waals surface area contributed by atoms with Crippen molar-refractivity contribution in [2.24, 2.45) is 11.8 Å². The van der Waals surface area contributed by atoms with Gasteiger partial charge in [-0.25, -0.2) is 4.79 Å². The van der Waals surface area contributed by atoms with Gasteiger partial charge in [-0.05, 0) is 32.6 Å². The van der Waals surface area contributed by atoms with Gasteiger partial charge in [-0.15, -0.1) is 0 Å². The summed E-state index contributed by atoms with van der Waals surface area (Å²) in [6.45, 7) is 13.6. The van der Waals surface area contributed by atoms with Gasteiger partial charge >= 0.3 is 5.97 Å². The molecule has 0 saturated carbocycles. The number of nitrogens with one attached hydrogen (secondary N) is 1. The van der Waals surface area contributed by atoms with Gasteiger partial charge in [0.2, 0.25) is 0 Å². The normalized spacial score (nSPS) is 15.0. The third-order valence-corrected chi connectivity index (χ3v) is 4.53. The van der Waals surface area contributed by atoms with Crippen molar-refractivity contribution in [3.8, 4) is 0 Å². The molecule has 0 radical (unpaired) electrons. The zero-order chi connectivity index (χ0) is 17.1. The molecule has 0 amide bonds. The van der Waals surface area contributed by atoms with E-state index in [4.69, 9.17) is 4.74 Å². The van der Waals surface area contributed by atoms with E-state index in [9.17, 15) is 4.79 Å². The largest absolute Gasteiger partial charge is 1.00 e. The van der Waals surface area contributed by atoms with Gasteiger partial charge in [-0.2, -0.15) is 0 Å². The predicted molar refractivity (Wildman–Crippen MR) is 94.3 cm³/mol. The molecule has 0 heterocycles. The van der Waals surface area contributed by atoms with Crippen molar-refractivity contribution in [1.29, 1.82) is 0 Å². The van der Waals surface area contributed by atoms with Gasteiger partial charge in [0.05, 0.1) is 25.6 Å². The lowest BCUT2D eigenvalue weighted by Crippen LogP contribution is -3.14. The van der Waals surface area contributed by atoms with E-state index >= 15 is 0 Å². The van der Waals surface area contributed by atoms with Gasteiger partial charge in [0.25, 0.3) is 0 Å². The maximum absolute atomic E-state index is 12.5. The maximum atomic E-state index is 12.5. The Hall–Kier alpha value is -0.550. The number of ether oxygens (including phenoxy) is 1. The molecular weight excluding hydrogens is 359 g/mol. The zero-order valence-electron chi connectivity index (χ0n) is 16.1. The summed E-state index contributed by atoms with van der Waals surface area (Å²) < 4.78 is 5.53. The fraction of sp³-hybridized carbons (Fsp3) is 0.737. The molecule has 0 saturated heterocycles. The molecule has 3 N–H and O–H groups in total. The number of allylic oxidation sites excluding steroid dienone is 2. The van der Waals surface area contributed by atoms with Crippen molar-refractivity contribution < 1.29 is 44.6 Å². The molecule has 1 unspecified atom stereocenters. The van der Waals surface area contributed by atoms with Crippen LogP contribution in [0.4, 0.5) is 0 Å². The Labute approximate surface area is 166 Å². The number of rotatable bonds is 11. The average Bonchev–Trinajstić information content (AvgIpc) is 2.55. The van der Waals surface area contributed by atoms with Crippen molar-refractivity contribution in [2.75, 3.05) is 32.8 Å². The molecule has 0 aromatic rings. The lowest BCUT2D eigenvalue weighted by molar-refractivity contribution is -0.910. The summed E-state index contributed by atoms with van der Waals surface area (Å²) in [5.41, 5.74) is 0. The Kier molecular flexibility index (Phi) is 16.7. The number of quaternary nitrogens is 2. The SMILES string of the molecule is CC[NH+](CC)CC[NH2+]C(C(=O)OCCC(C)C)C1C=CCC=C1.[Cl-].[Cl-]. The van der Waals surface area contributed by atoms with E-state index in [0.29, 0.717) is 12.5 Å². The lowest BCUT2D eigenvalue weighted by atomic mass is 9.95. The van der Waals surface area contributed by atoms with Crippen molar-refractivity contribution >= 4 is 5.97 Å². The minimum Gasteiger partial charge on any atom is -1.00 e. The number of esters is 1. The second kappa shape index (κ2) is 15.7. The van der Waals surface area contributed by atoms with Crippen molar-refractivity contribution in [3.63, 3.8) is 0 Å². The topological polar surface area (TPSA) is 47.4 Å². The third-order valence-electron chi connectivity index (χ3n) is 4.53. The van der Waals surface area contributed by atoms with Crippen LogP contribution in [0.1, 0.15) is 40.5 Å². The maximum Gasteiger partial charge on any atom is 0.365 e. The van der Waals surface area contributed by atoms with Crippen LogP contribution >= 0.6 is 0 Å². The first-order valence-corrected chi connectivity index (χ1v) is 9.25. The number of carbonyl (C=O) groups excluding carboxylic acids is 1. The first kappa shape index (κ1) is 26.7. The first-order valence-electron chi connectivity index (χ1n) is 9.25. The molecule has 0 aliphatic heterocycles. The summed E-state index contributed by atoms with van der Waals surface area (Å²) in [4.78, 5) is 14.1. The Balaban J connectivity index is 0. The second-order valence-electron chi connectivity index (χ2n) is 6.78. The van der Waals surface area contributed by atoms with Crippen LogP contribution in [0.15, 0.2) is 24.3 Å². The summed E-state index contributed by atoms with van der Waals surface area (Å²) >= 11 is 0.